The Bertz CT molecular complexity index is 471. The summed E-state index contributed by atoms with van der Waals surface area (Å²) in [6.07, 6.45) is 0.440. The minimum Gasteiger partial charge on any atom is -0.388 e. The Balaban J connectivity index is 2.73. The molecule has 0 fully saturated rings. The van der Waals surface area contributed by atoms with Crippen molar-refractivity contribution in [1.29, 1.82) is 0 Å². The van der Waals surface area contributed by atoms with Crippen LogP contribution in [0.25, 0.3) is 0 Å². The molecule has 90 valence electrons. The van der Waals surface area contributed by atoms with Crippen molar-refractivity contribution >= 4 is 33.0 Å². The summed E-state index contributed by atoms with van der Waals surface area (Å²) in [6, 6.07) is 4.74. The second-order valence-corrected chi connectivity index (χ2v) is 6.68. The molecule has 0 aliphatic rings. The summed E-state index contributed by atoms with van der Waals surface area (Å²) >= 11 is 11.5. The van der Waals surface area contributed by atoms with Gasteiger partial charge < -0.3 is 5.11 Å². The van der Waals surface area contributed by atoms with E-state index >= 15 is 0 Å². The van der Waals surface area contributed by atoms with Crippen molar-refractivity contribution in [3.05, 3.63) is 33.8 Å². The van der Waals surface area contributed by atoms with E-state index in [0.29, 0.717) is 15.6 Å². The third kappa shape index (κ3) is 4.29. The van der Waals surface area contributed by atoms with E-state index in [1.165, 1.54) is 6.07 Å². The highest BCUT2D eigenvalue weighted by Crippen LogP contribution is 2.26. The van der Waals surface area contributed by atoms with Crippen LogP contribution >= 0.6 is 23.2 Å². The zero-order valence-electron chi connectivity index (χ0n) is 8.65. The van der Waals surface area contributed by atoms with E-state index < -0.39 is 15.9 Å². The highest BCUT2D eigenvalue weighted by molar-refractivity contribution is 7.90. The van der Waals surface area contributed by atoms with Gasteiger partial charge in [-0.05, 0) is 24.1 Å². The van der Waals surface area contributed by atoms with Gasteiger partial charge in [-0.25, -0.2) is 8.42 Å². The average Bonchev–Trinajstić information content (AvgIpc) is 2.17. The summed E-state index contributed by atoms with van der Waals surface area (Å²) in [5.41, 5.74) is 0.568. The second-order valence-electron chi connectivity index (χ2n) is 3.61. The minimum atomic E-state index is -3.06. The normalized spacial score (nSPS) is 13.8. The third-order valence-corrected chi connectivity index (χ3v) is 3.81. The van der Waals surface area contributed by atoms with E-state index in [1.807, 2.05) is 0 Å². The summed E-state index contributed by atoms with van der Waals surface area (Å²) in [6.45, 7) is 0. The van der Waals surface area contributed by atoms with Crippen LogP contribution in [0.2, 0.25) is 10.0 Å². The van der Waals surface area contributed by atoms with Crippen LogP contribution in [0.1, 0.15) is 18.1 Å². The topological polar surface area (TPSA) is 54.4 Å². The van der Waals surface area contributed by atoms with E-state index in [9.17, 15) is 13.5 Å². The van der Waals surface area contributed by atoms with Gasteiger partial charge >= 0.3 is 0 Å². The standard InChI is InChI=1S/C10H12Cl2O3S/c1-16(14,15)5-4-10(13)7-2-3-8(11)9(12)6-7/h2-3,6,10,13H,4-5H2,1H3. The van der Waals surface area contributed by atoms with Crippen molar-refractivity contribution in [3.63, 3.8) is 0 Å². The fourth-order valence-electron chi connectivity index (χ4n) is 1.21. The average molecular weight is 283 g/mol. The number of aliphatic hydroxyl groups is 1. The maximum Gasteiger partial charge on any atom is 0.147 e. The fourth-order valence-corrected chi connectivity index (χ4v) is 2.17. The van der Waals surface area contributed by atoms with Gasteiger partial charge in [-0.2, -0.15) is 0 Å². The van der Waals surface area contributed by atoms with Gasteiger partial charge in [0.25, 0.3) is 0 Å². The molecule has 0 heterocycles. The van der Waals surface area contributed by atoms with Gasteiger partial charge in [0.2, 0.25) is 0 Å². The molecule has 0 saturated carbocycles. The molecule has 1 unspecified atom stereocenters. The Kier molecular flexibility index (Phi) is 4.62. The zero-order chi connectivity index (χ0) is 12.3. The number of rotatable bonds is 4. The van der Waals surface area contributed by atoms with Crippen molar-refractivity contribution in [1.82, 2.24) is 0 Å². The van der Waals surface area contributed by atoms with Crippen LogP contribution in [-0.2, 0) is 9.84 Å². The van der Waals surface area contributed by atoms with E-state index in [0.717, 1.165) is 6.26 Å². The predicted molar refractivity (Wildman–Crippen MR) is 65.7 cm³/mol. The molecular weight excluding hydrogens is 271 g/mol. The maximum atomic E-state index is 10.9. The molecule has 6 heteroatoms. The molecule has 1 aromatic carbocycles. The van der Waals surface area contributed by atoms with Crippen LogP contribution in [-0.4, -0.2) is 25.5 Å². The maximum absolute atomic E-state index is 10.9. The number of hydrogen-bond acceptors (Lipinski definition) is 3. The SMILES string of the molecule is CS(=O)(=O)CCC(O)c1ccc(Cl)c(Cl)c1. The molecule has 0 aromatic heterocycles. The van der Waals surface area contributed by atoms with Gasteiger partial charge in [-0.15, -0.1) is 0 Å². The van der Waals surface area contributed by atoms with Crippen molar-refractivity contribution in [2.24, 2.45) is 0 Å². The van der Waals surface area contributed by atoms with Crippen LogP contribution < -0.4 is 0 Å². The first kappa shape index (κ1) is 13.8. The smallest absolute Gasteiger partial charge is 0.147 e. The minimum absolute atomic E-state index is 0.0611. The molecule has 0 aliphatic carbocycles. The van der Waals surface area contributed by atoms with Gasteiger partial charge in [-0.3, -0.25) is 0 Å². The number of hydrogen-bond donors (Lipinski definition) is 1. The highest BCUT2D eigenvalue weighted by atomic mass is 35.5. The van der Waals surface area contributed by atoms with Gasteiger partial charge in [0.15, 0.2) is 0 Å². The Labute approximate surface area is 105 Å². The largest absolute Gasteiger partial charge is 0.388 e. The third-order valence-electron chi connectivity index (χ3n) is 2.09. The Hall–Kier alpha value is -0.290. The summed E-state index contributed by atoms with van der Waals surface area (Å²) in [5, 5.41) is 10.5. The Morgan fingerprint density at radius 3 is 2.44 bits per heavy atom. The molecule has 0 amide bonds. The number of aliphatic hydroxyl groups excluding tert-OH is 1. The molecule has 0 bridgehead atoms. The lowest BCUT2D eigenvalue weighted by Crippen LogP contribution is -2.08. The quantitative estimate of drug-likeness (QED) is 0.923. The lowest BCUT2D eigenvalue weighted by molar-refractivity contribution is 0.174. The van der Waals surface area contributed by atoms with Crippen molar-refractivity contribution in [2.75, 3.05) is 12.0 Å². The van der Waals surface area contributed by atoms with Gasteiger partial charge in [0, 0.05) is 6.26 Å². The number of benzene rings is 1. The first-order chi connectivity index (χ1) is 7.29. The Morgan fingerprint density at radius 1 is 1.31 bits per heavy atom. The molecule has 3 nitrogen and oxygen atoms in total. The van der Waals surface area contributed by atoms with E-state index in [-0.39, 0.29) is 12.2 Å². The lowest BCUT2D eigenvalue weighted by atomic mass is 10.1. The molecule has 1 atom stereocenters. The molecule has 1 N–H and O–H groups in total. The highest BCUT2D eigenvalue weighted by Gasteiger charge is 2.12. The lowest BCUT2D eigenvalue weighted by Gasteiger charge is -2.10. The molecule has 16 heavy (non-hydrogen) atoms. The zero-order valence-corrected chi connectivity index (χ0v) is 11.0. The summed E-state index contributed by atoms with van der Waals surface area (Å²) in [4.78, 5) is 0. The fraction of sp³-hybridized carbons (Fsp3) is 0.400. The van der Waals surface area contributed by atoms with Gasteiger partial charge in [-0.1, -0.05) is 29.3 Å². The second kappa shape index (κ2) is 5.36. The monoisotopic (exact) mass is 282 g/mol. The van der Waals surface area contributed by atoms with Crippen LogP contribution in [0.5, 0.6) is 0 Å². The summed E-state index contributed by atoms with van der Waals surface area (Å²) in [7, 11) is -3.06. The molecule has 0 saturated heterocycles. The molecular formula is C10H12Cl2O3S. The van der Waals surface area contributed by atoms with E-state index in [2.05, 4.69) is 0 Å². The molecule has 0 radical (unpaired) electrons. The first-order valence-electron chi connectivity index (χ1n) is 4.60. The van der Waals surface area contributed by atoms with Crippen LogP contribution in [0.3, 0.4) is 0 Å². The van der Waals surface area contributed by atoms with Crippen LogP contribution in [0, 0.1) is 0 Å². The van der Waals surface area contributed by atoms with Crippen LogP contribution in [0.15, 0.2) is 18.2 Å². The van der Waals surface area contributed by atoms with Crippen LogP contribution in [0.4, 0.5) is 0 Å². The molecule has 1 aromatic rings. The summed E-state index contributed by atoms with van der Waals surface area (Å²) < 4.78 is 21.9. The van der Waals surface area contributed by atoms with E-state index in [4.69, 9.17) is 23.2 Å². The summed E-state index contributed by atoms with van der Waals surface area (Å²) in [5.74, 6) is -0.0611. The number of sulfone groups is 1. The number of halogens is 2. The predicted octanol–water partition coefficient (Wildman–Crippen LogP) is 2.46. The van der Waals surface area contributed by atoms with Crippen molar-refractivity contribution < 1.29 is 13.5 Å². The molecule has 1 rings (SSSR count). The Morgan fingerprint density at radius 2 is 1.94 bits per heavy atom. The first-order valence-corrected chi connectivity index (χ1v) is 7.42. The molecule has 0 aliphatic heterocycles. The van der Waals surface area contributed by atoms with Crippen molar-refractivity contribution in [3.8, 4) is 0 Å². The van der Waals surface area contributed by atoms with Gasteiger partial charge in [0.05, 0.1) is 21.9 Å². The van der Waals surface area contributed by atoms with Crippen molar-refractivity contribution in [2.45, 2.75) is 12.5 Å². The van der Waals surface area contributed by atoms with E-state index in [1.54, 1.807) is 12.1 Å². The van der Waals surface area contributed by atoms with Gasteiger partial charge in [0.1, 0.15) is 9.84 Å². The molecule has 0 spiro atoms.